The highest BCUT2D eigenvalue weighted by atomic mass is 16.7. The number of ether oxygens (including phenoxy) is 2. The van der Waals surface area contributed by atoms with Crippen LogP contribution in [0.25, 0.3) is 0 Å². The van der Waals surface area contributed by atoms with Crippen molar-refractivity contribution in [3.63, 3.8) is 0 Å². The zero-order valence-corrected chi connectivity index (χ0v) is 13.8. The van der Waals surface area contributed by atoms with Gasteiger partial charge in [-0.15, -0.1) is 6.42 Å². The molecule has 1 saturated heterocycles. The summed E-state index contributed by atoms with van der Waals surface area (Å²) in [4.78, 5) is 0. The Bertz CT molecular complexity index is 647. The fraction of sp³-hybridized carbons (Fsp3) is 0.600. The number of hydrogen-bond donors (Lipinski definition) is 1. The number of rotatable bonds is 2. The van der Waals surface area contributed by atoms with Gasteiger partial charge in [0.05, 0.1) is 12.7 Å². The summed E-state index contributed by atoms with van der Waals surface area (Å²) in [5.74, 6) is 3.17. The first-order valence-corrected chi connectivity index (χ1v) is 8.47. The summed E-state index contributed by atoms with van der Waals surface area (Å²) in [6.07, 6.45) is 7.92. The molecule has 5 atom stereocenters. The van der Waals surface area contributed by atoms with E-state index >= 15 is 0 Å². The molecule has 0 aromatic heterocycles. The van der Waals surface area contributed by atoms with E-state index in [0.717, 1.165) is 18.4 Å². The molecule has 1 aromatic carbocycles. The summed E-state index contributed by atoms with van der Waals surface area (Å²) in [5.41, 5.74) is -0.559. The third-order valence-corrected chi connectivity index (χ3v) is 6.88. The molecule has 1 N–H and O–H groups in total. The number of hydrogen-bond acceptors (Lipinski definition) is 3. The lowest BCUT2D eigenvalue weighted by Gasteiger charge is -2.48. The van der Waals surface area contributed by atoms with Crippen LogP contribution in [0.15, 0.2) is 30.3 Å². The molecule has 1 aromatic rings. The van der Waals surface area contributed by atoms with Crippen molar-refractivity contribution < 1.29 is 14.6 Å². The van der Waals surface area contributed by atoms with E-state index in [1.165, 1.54) is 0 Å². The van der Waals surface area contributed by atoms with E-state index < -0.39 is 11.0 Å². The molecule has 2 unspecified atom stereocenters. The molecule has 0 amide bonds. The van der Waals surface area contributed by atoms with E-state index in [1.807, 2.05) is 30.3 Å². The highest BCUT2D eigenvalue weighted by Gasteiger charge is 2.74. The molecule has 1 heterocycles. The highest BCUT2D eigenvalue weighted by molar-refractivity contribution is 5.31. The van der Waals surface area contributed by atoms with E-state index in [1.54, 1.807) is 0 Å². The first-order valence-electron chi connectivity index (χ1n) is 8.47. The van der Waals surface area contributed by atoms with Gasteiger partial charge >= 0.3 is 0 Å². The van der Waals surface area contributed by atoms with Crippen LogP contribution in [0, 0.1) is 29.1 Å². The Kier molecular flexibility index (Phi) is 3.19. The van der Waals surface area contributed by atoms with Crippen molar-refractivity contribution in [2.75, 3.05) is 6.61 Å². The number of benzene rings is 1. The molecule has 1 aliphatic heterocycles. The molecular formula is C20H24O3. The van der Waals surface area contributed by atoms with Crippen LogP contribution in [-0.4, -0.2) is 23.4 Å². The smallest absolute Gasteiger partial charge is 0.184 e. The Morgan fingerprint density at radius 2 is 2.00 bits per heavy atom. The highest BCUT2D eigenvalue weighted by Crippen LogP contribution is 2.72. The normalized spacial score (nSPS) is 44.3. The third-order valence-electron chi connectivity index (χ3n) is 6.88. The Balaban J connectivity index is 1.68. The van der Waals surface area contributed by atoms with Crippen molar-refractivity contribution >= 4 is 0 Å². The van der Waals surface area contributed by atoms with Crippen LogP contribution < -0.4 is 0 Å². The molecule has 4 rings (SSSR count). The van der Waals surface area contributed by atoms with E-state index in [0.29, 0.717) is 18.9 Å². The minimum absolute atomic E-state index is 0.0479. The monoisotopic (exact) mass is 312 g/mol. The first-order chi connectivity index (χ1) is 10.9. The van der Waals surface area contributed by atoms with E-state index in [-0.39, 0.29) is 17.8 Å². The summed E-state index contributed by atoms with van der Waals surface area (Å²) in [6, 6.07) is 9.96. The van der Waals surface area contributed by atoms with Crippen molar-refractivity contribution in [2.24, 2.45) is 16.7 Å². The van der Waals surface area contributed by atoms with Gasteiger partial charge in [-0.2, -0.15) is 0 Å². The minimum atomic E-state index is -1.10. The second-order valence-electron chi connectivity index (χ2n) is 7.84. The lowest BCUT2D eigenvalue weighted by molar-refractivity contribution is -0.155. The maximum absolute atomic E-state index is 11.2. The van der Waals surface area contributed by atoms with Gasteiger partial charge < -0.3 is 14.6 Å². The molecule has 2 saturated carbocycles. The summed E-state index contributed by atoms with van der Waals surface area (Å²) in [6.45, 7) is 4.96. The fourth-order valence-corrected chi connectivity index (χ4v) is 5.56. The molecule has 2 bridgehead atoms. The molecule has 3 heteroatoms. The zero-order valence-electron chi connectivity index (χ0n) is 13.8. The summed E-state index contributed by atoms with van der Waals surface area (Å²) >= 11 is 0. The SMILES string of the molecule is C#C[C@@]1(O)C[C@H]2CC[C@]1(C1COC(c3ccccc3)O1)C2(C)C. The van der Waals surface area contributed by atoms with Crippen LogP contribution >= 0.6 is 0 Å². The van der Waals surface area contributed by atoms with Crippen LogP contribution in [0.3, 0.4) is 0 Å². The third kappa shape index (κ3) is 1.78. The van der Waals surface area contributed by atoms with Crippen molar-refractivity contribution in [1.29, 1.82) is 0 Å². The van der Waals surface area contributed by atoms with Gasteiger partial charge in [0, 0.05) is 11.0 Å². The average Bonchev–Trinajstić information content (AvgIpc) is 3.18. The molecule has 2 aliphatic carbocycles. The first kappa shape index (κ1) is 15.2. The molecule has 0 spiro atoms. The van der Waals surface area contributed by atoms with Crippen molar-refractivity contribution in [3.05, 3.63) is 35.9 Å². The lowest BCUT2D eigenvalue weighted by atomic mass is 9.60. The zero-order chi connectivity index (χ0) is 16.3. The van der Waals surface area contributed by atoms with Crippen LogP contribution in [0.4, 0.5) is 0 Å². The summed E-state index contributed by atoms with van der Waals surface area (Å²) in [7, 11) is 0. The fourth-order valence-electron chi connectivity index (χ4n) is 5.56. The van der Waals surface area contributed by atoms with Gasteiger partial charge in [0.15, 0.2) is 6.29 Å². The second kappa shape index (κ2) is 4.83. The maximum Gasteiger partial charge on any atom is 0.184 e. The number of fused-ring (bicyclic) bond motifs is 2. The number of aliphatic hydroxyl groups is 1. The van der Waals surface area contributed by atoms with Crippen LogP contribution in [0.5, 0.6) is 0 Å². The van der Waals surface area contributed by atoms with E-state index in [4.69, 9.17) is 15.9 Å². The predicted octanol–water partition coefficient (Wildman–Crippen LogP) is 3.29. The maximum atomic E-state index is 11.2. The molecular weight excluding hydrogens is 288 g/mol. The Labute approximate surface area is 138 Å². The molecule has 3 aliphatic rings. The molecule has 0 radical (unpaired) electrons. The summed E-state index contributed by atoms with van der Waals surface area (Å²) in [5, 5.41) is 11.2. The van der Waals surface area contributed by atoms with Gasteiger partial charge in [0.2, 0.25) is 0 Å². The topological polar surface area (TPSA) is 38.7 Å². The van der Waals surface area contributed by atoms with Crippen LogP contribution in [0.1, 0.15) is 45.0 Å². The van der Waals surface area contributed by atoms with Crippen LogP contribution in [0.2, 0.25) is 0 Å². The summed E-state index contributed by atoms with van der Waals surface area (Å²) < 4.78 is 12.2. The average molecular weight is 312 g/mol. The van der Waals surface area contributed by atoms with E-state index in [9.17, 15) is 5.11 Å². The number of terminal acetylenes is 1. The molecule has 3 nitrogen and oxygen atoms in total. The van der Waals surface area contributed by atoms with Crippen molar-refractivity contribution in [2.45, 2.75) is 51.1 Å². The molecule has 3 fully saturated rings. The standard InChI is InChI=1S/C20H24O3/c1-4-19(21)12-15-10-11-20(19,18(15,2)3)16-13-22-17(23-16)14-8-6-5-7-9-14/h1,5-9,15-17,21H,10-13H2,2-3H3/t15-,16?,17?,19-,20+/m1/s1. The Morgan fingerprint density at radius 1 is 1.26 bits per heavy atom. The largest absolute Gasteiger partial charge is 0.377 e. The minimum Gasteiger partial charge on any atom is -0.377 e. The molecule has 122 valence electrons. The van der Waals surface area contributed by atoms with Gasteiger partial charge in [0.1, 0.15) is 5.60 Å². The second-order valence-corrected chi connectivity index (χ2v) is 7.84. The predicted molar refractivity (Wildman–Crippen MR) is 87.3 cm³/mol. The van der Waals surface area contributed by atoms with Crippen molar-refractivity contribution in [3.8, 4) is 12.3 Å². The van der Waals surface area contributed by atoms with Gasteiger partial charge in [0.25, 0.3) is 0 Å². The van der Waals surface area contributed by atoms with Gasteiger partial charge in [-0.3, -0.25) is 0 Å². The Hall–Kier alpha value is -1.34. The molecule has 23 heavy (non-hydrogen) atoms. The van der Waals surface area contributed by atoms with Crippen molar-refractivity contribution in [1.82, 2.24) is 0 Å². The van der Waals surface area contributed by atoms with Gasteiger partial charge in [-0.05, 0) is 30.6 Å². The van der Waals surface area contributed by atoms with Gasteiger partial charge in [-0.25, -0.2) is 0 Å². The van der Waals surface area contributed by atoms with Crippen LogP contribution in [-0.2, 0) is 9.47 Å². The lowest BCUT2D eigenvalue weighted by Crippen LogP contribution is -2.56. The Morgan fingerprint density at radius 3 is 2.65 bits per heavy atom. The van der Waals surface area contributed by atoms with E-state index in [2.05, 4.69) is 19.8 Å². The van der Waals surface area contributed by atoms with Gasteiger partial charge in [-0.1, -0.05) is 50.1 Å². The quantitative estimate of drug-likeness (QED) is 0.852.